The molecule has 16 heavy (non-hydrogen) atoms. The van der Waals surface area contributed by atoms with Crippen molar-refractivity contribution in [2.24, 2.45) is 0 Å². The monoisotopic (exact) mass is 237 g/mol. The summed E-state index contributed by atoms with van der Waals surface area (Å²) in [4.78, 5) is 12.2. The molecule has 0 radical (unpaired) electrons. The van der Waals surface area contributed by atoms with Crippen LogP contribution >= 0.6 is 11.3 Å². The summed E-state index contributed by atoms with van der Waals surface area (Å²) in [6.45, 7) is 1.85. The van der Waals surface area contributed by atoms with E-state index in [1.807, 2.05) is 24.4 Å². The zero-order chi connectivity index (χ0) is 11.5. The minimum atomic E-state index is -0.968. The van der Waals surface area contributed by atoms with E-state index in [2.05, 4.69) is 5.16 Å². The zero-order valence-electron chi connectivity index (χ0n) is 8.77. The average Bonchev–Trinajstić information content (AvgIpc) is 2.87. The first-order valence-electron chi connectivity index (χ1n) is 4.95. The normalized spacial score (nSPS) is 10.6. The van der Waals surface area contributed by atoms with Crippen LogP contribution in [0.5, 0.6) is 0 Å². The Kier molecular flexibility index (Phi) is 3.05. The molecule has 0 saturated carbocycles. The van der Waals surface area contributed by atoms with Crippen molar-refractivity contribution >= 4 is 17.3 Å². The number of nitrogens with zero attached hydrogens (tertiary/aromatic N) is 1. The molecule has 0 spiro atoms. The highest BCUT2D eigenvalue weighted by Gasteiger charge is 2.21. The average molecular weight is 237 g/mol. The van der Waals surface area contributed by atoms with Crippen LogP contribution < -0.4 is 0 Å². The van der Waals surface area contributed by atoms with Gasteiger partial charge in [-0.3, -0.25) is 0 Å². The molecule has 0 bridgehead atoms. The molecule has 0 aromatic carbocycles. The Morgan fingerprint density at radius 3 is 3.00 bits per heavy atom. The molecule has 0 atom stereocenters. The molecule has 2 aromatic heterocycles. The van der Waals surface area contributed by atoms with Gasteiger partial charge in [-0.05, 0) is 11.4 Å². The Hall–Kier alpha value is -1.62. The molecule has 0 saturated heterocycles. The van der Waals surface area contributed by atoms with Crippen LogP contribution in [0.1, 0.15) is 33.6 Å². The van der Waals surface area contributed by atoms with E-state index in [9.17, 15) is 4.79 Å². The second-order valence-electron chi connectivity index (χ2n) is 3.34. The number of thiophene rings is 1. The van der Waals surface area contributed by atoms with Gasteiger partial charge in [-0.1, -0.05) is 18.1 Å². The second kappa shape index (κ2) is 4.49. The number of aryl methyl sites for hydroxylation is 1. The third-order valence-corrected chi connectivity index (χ3v) is 3.17. The van der Waals surface area contributed by atoms with Gasteiger partial charge in [0.1, 0.15) is 11.3 Å². The molecular weight excluding hydrogens is 226 g/mol. The van der Waals surface area contributed by atoms with Crippen molar-refractivity contribution in [1.82, 2.24) is 5.16 Å². The SMILES string of the molecule is CCc1onc(Cc2cccs2)c1C(=O)O. The predicted molar refractivity (Wildman–Crippen MR) is 60.0 cm³/mol. The van der Waals surface area contributed by atoms with E-state index < -0.39 is 5.97 Å². The summed E-state index contributed by atoms with van der Waals surface area (Å²) >= 11 is 1.58. The Morgan fingerprint density at radius 1 is 1.62 bits per heavy atom. The first-order valence-corrected chi connectivity index (χ1v) is 5.83. The quantitative estimate of drug-likeness (QED) is 0.887. The summed E-state index contributed by atoms with van der Waals surface area (Å²) in [5.41, 5.74) is 0.725. The topological polar surface area (TPSA) is 63.3 Å². The fourth-order valence-electron chi connectivity index (χ4n) is 1.55. The number of aromatic carboxylic acids is 1. The maximum atomic E-state index is 11.1. The van der Waals surface area contributed by atoms with Crippen molar-refractivity contribution in [2.45, 2.75) is 19.8 Å². The van der Waals surface area contributed by atoms with Crippen LogP contribution in [0.15, 0.2) is 22.0 Å². The van der Waals surface area contributed by atoms with E-state index in [1.165, 1.54) is 0 Å². The fourth-order valence-corrected chi connectivity index (χ4v) is 2.25. The lowest BCUT2D eigenvalue weighted by Crippen LogP contribution is -2.03. The molecule has 2 aromatic rings. The maximum absolute atomic E-state index is 11.1. The van der Waals surface area contributed by atoms with E-state index in [-0.39, 0.29) is 5.56 Å². The van der Waals surface area contributed by atoms with Crippen molar-refractivity contribution in [3.05, 3.63) is 39.4 Å². The summed E-state index contributed by atoms with van der Waals surface area (Å²) in [6, 6.07) is 3.89. The summed E-state index contributed by atoms with van der Waals surface area (Å²) in [5, 5.41) is 14.9. The van der Waals surface area contributed by atoms with Crippen molar-refractivity contribution in [2.75, 3.05) is 0 Å². The molecule has 2 heterocycles. The number of carboxylic acid groups (broad SMARTS) is 1. The van der Waals surface area contributed by atoms with Crippen LogP contribution in [0.3, 0.4) is 0 Å². The van der Waals surface area contributed by atoms with Gasteiger partial charge in [0.25, 0.3) is 0 Å². The van der Waals surface area contributed by atoms with Gasteiger partial charge in [-0.25, -0.2) is 4.79 Å². The summed E-state index contributed by atoms with van der Waals surface area (Å²) in [6.07, 6.45) is 1.06. The molecule has 0 unspecified atom stereocenters. The highest BCUT2D eigenvalue weighted by Crippen LogP contribution is 2.20. The number of hydrogen-bond donors (Lipinski definition) is 1. The number of hydrogen-bond acceptors (Lipinski definition) is 4. The van der Waals surface area contributed by atoms with Crippen LogP contribution in [0, 0.1) is 0 Å². The van der Waals surface area contributed by atoms with Gasteiger partial charge in [0, 0.05) is 17.7 Å². The van der Waals surface area contributed by atoms with Crippen molar-refractivity contribution in [3.63, 3.8) is 0 Å². The Morgan fingerprint density at radius 2 is 2.44 bits per heavy atom. The summed E-state index contributed by atoms with van der Waals surface area (Å²) in [5.74, 6) is -0.524. The molecular formula is C11H11NO3S. The molecule has 1 N–H and O–H groups in total. The first kappa shape index (κ1) is 10.9. The molecule has 0 fully saturated rings. The van der Waals surface area contributed by atoms with Crippen LogP contribution in [0.25, 0.3) is 0 Å². The Labute approximate surface area is 96.5 Å². The Bertz CT molecular complexity index is 487. The van der Waals surface area contributed by atoms with Crippen molar-refractivity contribution < 1.29 is 14.4 Å². The summed E-state index contributed by atoms with van der Waals surface area (Å²) < 4.78 is 5.03. The molecule has 2 rings (SSSR count). The number of aromatic nitrogens is 1. The van der Waals surface area contributed by atoms with E-state index in [0.29, 0.717) is 24.3 Å². The van der Waals surface area contributed by atoms with E-state index >= 15 is 0 Å². The lowest BCUT2D eigenvalue weighted by Gasteiger charge is -1.95. The van der Waals surface area contributed by atoms with Gasteiger partial charge >= 0.3 is 5.97 Å². The smallest absolute Gasteiger partial charge is 0.341 e. The number of carbonyl (C=O) groups is 1. The van der Waals surface area contributed by atoms with E-state index in [4.69, 9.17) is 9.63 Å². The van der Waals surface area contributed by atoms with Gasteiger partial charge in [0.15, 0.2) is 5.76 Å². The third-order valence-electron chi connectivity index (χ3n) is 2.29. The highest BCUT2D eigenvalue weighted by atomic mass is 32.1. The lowest BCUT2D eigenvalue weighted by atomic mass is 10.1. The lowest BCUT2D eigenvalue weighted by molar-refractivity contribution is 0.0693. The first-order chi connectivity index (χ1) is 7.72. The van der Waals surface area contributed by atoms with Gasteiger partial charge in [-0.2, -0.15) is 0 Å². The zero-order valence-corrected chi connectivity index (χ0v) is 9.58. The Balaban J connectivity index is 2.34. The third kappa shape index (κ3) is 1.99. The van der Waals surface area contributed by atoms with Crippen molar-refractivity contribution in [3.8, 4) is 0 Å². The number of rotatable bonds is 4. The minimum absolute atomic E-state index is 0.218. The fraction of sp³-hybridized carbons (Fsp3) is 0.273. The van der Waals surface area contributed by atoms with Gasteiger partial charge in [0.05, 0.1) is 0 Å². The van der Waals surface area contributed by atoms with Crippen LogP contribution in [-0.4, -0.2) is 16.2 Å². The minimum Gasteiger partial charge on any atom is -0.477 e. The van der Waals surface area contributed by atoms with Crippen LogP contribution in [0.2, 0.25) is 0 Å². The van der Waals surface area contributed by atoms with Gasteiger partial charge < -0.3 is 9.63 Å². The molecule has 0 aliphatic rings. The van der Waals surface area contributed by atoms with Crippen molar-refractivity contribution in [1.29, 1.82) is 0 Å². The molecule has 4 nitrogen and oxygen atoms in total. The van der Waals surface area contributed by atoms with E-state index in [1.54, 1.807) is 11.3 Å². The molecule has 0 aliphatic carbocycles. The van der Waals surface area contributed by atoms with Crippen LogP contribution in [-0.2, 0) is 12.8 Å². The van der Waals surface area contributed by atoms with E-state index in [0.717, 1.165) is 4.88 Å². The predicted octanol–water partition coefficient (Wildman–Crippen LogP) is 2.59. The number of carboxylic acids is 1. The molecule has 0 aliphatic heterocycles. The van der Waals surface area contributed by atoms with Gasteiger partial charge in [0.2, 0.25) is 0 Å². The molecule has 5 heteroatoms. The largest absolute Gasteiger partial charge is 0.477 e. The molecule has 84 valence electrons. The summed E-state index contributed by atoms with van der Waals surface area (Å²) in [7, 11) is 0. The molecule has 0 amide bonds. The highest BCUT2D eigenvalue weighted by molar-refractivity contribution is 7.09. The second-order valence-corrected chi connectivity index (χ2v) is 4.37. The maximum Gasteiger partial charge on any atom is 0.341 e. The standard InChI is InChI=1S/C11H11NO3S/c1-2-9-10(11(13)14)8(12-15-9)6-7-4-3-5-16-7/h3-5H,2,6H2,1H3,(H,13,14). The van der Waals surface area contributed by atoms with Gasteiger partial charge in [-0.15, -0.1) is 11.3 Å². The van der Waals surface area contributed by atoms with Crippen LogP contribution in [0.4, 0.5) is 0 Å².